The summed E-state index contributed by atoms with van der Waals surface area (Å²) in [5.41, 5.74) is -7.13. The average molecular weight is 977 g/mol. The van der Waals surface area contributed by atoms with Gasteiger partial charge in [-0.1, -0.05) is 81.8 Å². The van der Waals surface area contributed by atoms with Gasteiger partial charge in [-0.15, -0.1) is 0 Å². The number of alkyl halides is 12. The van der Waals surface area contributed by atoms with Gasteiger partial charge in [0.1, 0.15) is 28.7 Å². The molecular weight excluding hydrogens is 929 g/mol. The smallest absolute Gasteiger partial charge is 0.411 e. The largest absolute Gasteiger partial charge is 0.508 e. The molecule has 21 heteroatoms. The molecule has 5 aromatic carbocycles. The van der Waals surface area contributed by atoms with Crippen molar-refractivity contribution in [2.45, 2.75) is 107 Å². The summed E-state index contributed by atoms with van der Waals surface area (Å²) in [5, 5.41) is 57.6. The molecule has 0 bridgehead atoms. The third kappa shape index (κ3) is 10.3. The maximum atomic E-state index is 15.0. The third-order valence-corrected chi connectivity index (χ3v) is 11.8. The van der Waals surface area contributed by atoms with Crippen molar-refractivity contribution in [3.8, 4) is 28.7 Å². The number of rotatable bonds is 18. The fourth-order valence-electron chi connectivity index (χ4n) is 8.42. The minimum Gasteiger partial charge on any atom is -0.508 e. The molecule has 68 heavy (non-hydrogen) atoms. The molecule has 0 atom stereocenters. The van der Waals surface area contributed by atoms with Gasteiger partial charge in [0.25, 0.3) is 0 Å². The molecule has 370 valence electrons. The van der Waals surface area contributed by atoms with Crippen LogP contribution in [0.3, 0.4) is 0 Å². The summed E-state index contributed by atoms with van der Waals surface area (Å²) in [7, 11) is 0. The highest BCUT2D eigenvalue weighted by atomic mass is 19.4. The van der Waals surface area contributed by atoms with E-state index in [2.05, 4.69) is 17.6 Å². The van der Waals surface area contributed by atoms with E-state index < -0.39 is 122 Å². The van der Waals surface area contributed by atoms with Crippen molar-refractivity contribution in [1.82, 2.24) is 0 Å². The number of anilines is 4. The van der Waals surface area contributed by atoms with E-state index >= 15 is 0 Å². The number of unbranched alkanes of at least 4 members (excludes halogenated alkanes) is 6. The fraction of sp³-hybridized carbons (Fsp3) is 0.362. The monoisotopic (exact) mass is 976 g/mol. The van der Waals surface area contributed by atoms with E-state index in [-0.39, 0.29) is 11.1 Å². The summed E-state index contributed by atoms with van der Waals surface area (Å²) in [4.78, 5) is 0. The Morgan fingerprint density at radius 1 is 0.456 bits per heavy atom. The summed E-state index contributed by atoms with van der Waals surface area (Å²) < 4.78 is 180. The molecule has 5 aromatic rings. The van der Waals surface area contributed by atoms with Crippen LogP contribution in [-0.2, 0) is 30.3 Å². The van der Waals surface area contributed by atoms with Crippen LogP contribution >= 0.6 is 0 Å². The van der Waals surface area contributed by atoms with Crippen molar-refractivity contribution in [3.05, 3.63) is 124 Å². The zero-order chi connectivity index (χ0) is 50.6. The highest BCUT2D eigenvalue weighted by Gasteiger charge is 2.74. The number of aromatic hydroxyl groups is 5. The van der Waals surface area contributed by atoms with Crippen molar-refractivity contribution >= 4 is 22.7 Å². The summed E-state index contributed by atoms with van der Waals surface area (Å²) in [5.74, 6) is -3.65. The SMILES string of the molecule is CCCCCCCCCc1cc(CNc2cc(C(c3ccc(O)cc3N)(C(F)(F)F)C(F)(F)F)ccc2O)c(O)c(CNc2cc(C(c3ccc(O)cc3N)(C(F)(F)F)C(F)(F)F)ccc2O)c1. The Morgan fingerprint density at radius 3 is 1.18 bits per heavy atom. The maximum Gasteiger partial charge on any atom is 0.411 e. The van der Waals surface area contributed by atoms with Crippen LogP contribution < -0.4 is 22.1 Å². The topological polar surface area (TPSA) is 177 Å². The van der Waals surface area contributed by atoms with Crippen LogP contribution in [-0.4, -0.2) is 50.2 Å². The number of phenolic OH excluding ortho intramolecular Hbond substituents is 5. The van der Waals surface area contributed by atoms with Crippen LogP contribution in [0.2, 0.25) is 0 Å². The third-order valence-electron chi connectivity index (χ3n) is 11.8. The maximum absolute atomic E-state index is 15.0. The fourth-order valence-corrected chi connectivity index (χ4v) is 8.42. The number of hydrogen-bond acceptors (Lipinski definition) is 9. The lowest BCUT2D eigenvalue weighted by Crippen LogP contribution is -2.55. The van der Waals surface area contributed by atoms with E-state index in [4.69, 9.17) is 11.5 Å². The van der Waals surface area contributed by atoms with Crippen LogP contribution in [0.25, 0.3) is 0 Å². The first-order valence-electron chi connectivity index (χ1n) is 21.0. The van der Waals surface area contributed by atoms with Gasteiger partial charge in [-0.25, -0.2) is 0 Å². The Kier molecular flexibility index (Phi) is 15.4. The second kappa shape index (κ2) is 20.0. The molecule has 9 nitrogen and oxygen atoms in total. The number of nitrogens with one attached hydrogen (secondary N) is 2. The summed E-state index contributed by atoms with van der Waals surface area (Å²) in [6.07, 6.45) is -17.9. The lowest BCUT2D eigenvalue weighted by molar-refractivity contribution is -0.289. The first kappa shape index (κ1) is 52.4. The molecular formula is C47H48F12N4O5. The number of nitrogens with two attached hydrogens (primary N) is 2. The lowest BCUT2D eigenvalue weighted by atomic mass is 9.72. The zero-order valence-electron chi connectivity index (χ0n) is 36.1. The number of hydrogen-bond donors (Lipinski definition) is 9. The van der Waals surface area contributed by atoms with Gasteiger partial charge in [-0.2, -0.15) is 52.7 Å². The zero-order valence-corrected chi connectivity index (χ0v) is 36.1. The first-order chi connectivity index (χ1) is 31.6. The van der Waals surface area contributed by atoms with Gasteiger partial charge in [-0.05, 0) is 65.9 Å². The Bertz CT molecular complexity index is 2370. The molecule has 5 rings (SSSR count). The molecule has 0 unspecified atom stereocenters. The molecule has 0 heterocycles. The van der Waals surface area contributed by atoms with Crippen molar-refractivity contribution < 1.29 is 78.2 Å². The highest BCUT2D eigenvalue weighted by molar-refractivity contribution is 5.67. The minimum absolute atomic E-state index is 0.0540. The van der Waals surface area contributed by atoms with E-state index in [1.54, 1.807) is 0 Å². The molecule has 0 saturated carbocycles. The molecule has 0 fully saturated rings. The van der Waals surface area contributed by atoms with Crippen molar-refractivity contribution in [1.29, 1.82) is 0 Å². The second-order valence-corrected chi connectivity index (χ2v) is 16.3. The van der Waals surface area contributed by atoms with Crippen LogP contribution in [0.4, 0.5) is 75.4 Å². The predicted octanol–water partition coefficient (Wildman–Crippen LogP) is 12.7. The highest BCUT2D eigenvalue weighted by Crippen LogP contribution is 2.60. The van der Waals surface area contributed by atoms with Gasteiger partial charge >= 0.3 is 24.7 Å². The first-order valence-corrected chi connectivity index (χ1v) is 21.0. The predicted molar refractivity (Wildman–Crippen MR) is 231 cm³/mol. The average Bonchev–Trinajstić information content (AvgIpc) is 3.21. The van der Waals surface area contributed by atoms with E-state index in [1.807, 2.05) is 0 Å². The van der Waals surface area contributed by atoms with Crippen LogP contribution in [0.15, 0.2) is 84.9 Å². The molecule has 0 aromatic heterocycles. The number of halogens is 12. The van der Waals surface area contributed by atoms with Crippen LogP contribution in [0, 0.1) is 0 Å². The molecule has 0 aliphatic heterocycles. The lowest BCUT2D eigenvalue weighted by Gasteiger charge is -2.39. The summed E-state index contributed by atoms with van der Waals surface area (Å²) in [6.45, 7) is 0.890. The van der Waals surface area contributed by atoms with E-state index in [1.165, 1.54) is 12.1 Å². The molecule has 11 N–H and O–H groups in total. The number of benzene rings is 5. The van der Waals surface area contributed by atoms with Gasteiger partial charge < -0.3 is 47.6 Å². The van der Waals surface area contributed by atoms with Crippen molar-refractivity contribution in [2.24, 2.45) is 0 Å². The van der Waals surface area contributed by atoms with E-state index in [9.17, 15) is 78.2 Å². The van der Waals surface area contributed by atoms with Crippen LogP contribution in [0.1, 0.15) is 90.8 Å². The van der Waals surface area contributed by atoms with Gasteiger partial charge in [0.15, 0.2) is 0 Å². The summed E-state index contributed by atoms with van der Waals surface area (Å²) in [6, 6.07) is 8.63. The summed E-state index contributed by atoms with van der Waals surface area (Å²) >= 11 is 0. The minimum atomic E-state index is -6.11. The molecule has 0 saturated heterocycles. The Balaban J connectivity index is 1.56. The second-order valence-electron chi connectivity index (χ2n) is 16.3. The number of phenols is 5. The van der Waals surface area contributed by atoms with Gasteiger partial charge in [0, 0.05) is 58.9 Å². The van der Waals surface area contributed by atoms with Crippen molar-refractivity contribution in [3.63, 3.8) is 0 Å². The molecule has 0 aliphatic carbocycles. The number of aryl methyl sites for hydroxylation is 1. The molecule has 0 radical (unpaired) electrons. The van der Waals surface area contributed by atoms with E-state index in [0.717, 1.165) is 38.5 Å². The molecule has 0 amide bonds. The molecule has 0 aliphatic rings. The van der Waals surface area contributed by atoms with Gasteiger partial charge in [0.05, 0.1) is 11.4 Å². The Hall–Kier alpha value is -6.54. The Morgan fingerprint density at radius 2 is 0.824 bits per heavy atom. The Labute approximate surface area is 382 Å². The normalized spacial score (nSPS) is 12.9. The van der Waals surface area contributed by atoms with Crippen molar-refractivity contribution in [2.75, 3.05) is 22.1 Å². The molecule has 0 spiro atoms. The van der Waals surface area contributed by atoms with Crippen LogP contribution in [0.5, 0.6) is 28.7 Å². The van der Waals surface area contributed by atoms with Gasteiger partial charge in [-0.3, -0.25) is 0 Å². The quantitative estimate of drug-likeness (QED) is 0.0179. The number of nitrogen functional groups attached to an aromatic ring is 2. The van der Waals surface area contributed by atoms with Gasteiger partial charge in [0.2, 0.25) is 10.8 Å². The standard InChI is InChI=1S/C47H48F12N4O5/c1-2-3-4-5-6-7-8-9-26-18-27(24-62-37-20-29(10-16-39(37)66)42(44(48,49)50,45(51,52)53)33-14-12-31(64)22-35(33)60)41(68)28(19-26)25-63-38-21-30(11-17-40(38)67)43(46(54,55)56,47(57,58)59)34-15-13-32(65)23-36(34)61/h10-23,62-68H,2-9,24-25,60-61H2,1H3. The van der Waals surface area contributed by atoms with E-state index in [0.29, 0.717) is 91.2 Å².